The Kier molecular flexibility index (Phi) is 9.34. The van der Waals surface area contributed by atoms with Crippen molar-refractivity contribution in [1.29, 1.82) is 0 Å². The van der Waals surface area contributed by atoms with Crippen LogP contribution in [0.15, 0.2) is 77.7 Å². The van der Waals surface area contributed by atoms with E-state index in [0.717, 1.165) is 15.4 Å². The largest absolute Gasteiger partial charge is 0.355 e. The molecular weight excluding hydrogens is 510 g/mol. The van der Waals surface area contributed by atoms with Gasteiger partial charge in [-0.2, -0.15) is 0 Å². The first-order valence-corrected chi connectivity index (χ1v) is 13.8. The topological polar surface area (TPSA) is 86.8 Å². The van der Waals surface area contributed by atoms with Crippen LogP contribution in [0.2, 0.25) is 5.02 Å². The molecule has 0 spiro atoms. The smallest absolute Gasteiger partial charge is 0.264 e. The Bertz CT molecular complexity index is 1350. The molecule has 0 aliphatic heterocycles. The SMILES string of the molecule is CCNC(=O)[C@H](C)N(Cc1ccc(C)cc1)C(=O)CN(c1cccc(Cl)c1C)S(=O)(=O)c1ccccc1. The van der Waals surface area contributed by atoms with Crippen LogP contribution < -0.4 is 9.62 Å². The van der Waals surface area contributed by atoms with E-state index in [1.807, 2.05) is 31.2 Å². The van der Waals surface area contributed by atoms with Crippen LogP contribution >= 0.6 is 11.6 Å². The summed E-state index contributed by atoms with van der Waals surface area (Å²) in [6.07, 6.45) is 0. The second-order valence-electron chi connectivity index (χ2n) is 8.79. The van der Waals surface area contributed by atoms with Crippen LogP contribution in [0, 0.1) is 13.8 Å². The first kappa shape index (κ1) is 28.2. The monoisotopic (exact) mass is 541 g/mol. The van der Waals surface area contributed by atoms with Gasteiger partial charge in [-0.25, -0.2) is 8.42 Å². The molecule has 0 saturated carbocycles. The van der Waals surface area contributed by atoms with E-state index in [1.54, 1.807) is 57.2 Å². The number of nitrogens with one attached hydrogen (secondary N) is 1. The molecule has 7 nitrogen and oxygen atoms in total. The summed E-state index contributed by atoms with van der Waals surface area (Å²) in [6.45, 7) is 7.15. The third kappa shape index (κ3) is 6.70. The average Bonchev–Trinajstić information content (AvgIpc) is 2.88. The van der Waals surface area contributed by atoms with Crippen LogP contribution in [0.25, 0.3) is 0 Å². The van der Waals surface area contributed by atoms with Crippen molar-refractivity contribution in [3.05, 3.63) is 94.5 Å². The number of nitrogens with zero attached hydrogens (tertiary/aromatic N) is 2. The lowest BCUT2D eigenvalue weighted by Gasteiger charge is -2.32. The second-order valence-corrected chi connectivity index (χ2v) is 11.1. The maximum atomic E-state index is 13.8. The number of likely N-dealkylation sites (N-methyl/N-ethyl adjacent to an activating group) is 1. The lowest BCUT2D eigenvalue weighted by molar-refractivity contribution is -0.139. The number of sulfonamides is 1. The Hall–Kier alpha value is -3.36. The van der Waals surface area contributed by atoms with E-state index in [4.69, 9.17) is 11.6 Å². The fraction of sp³-hybridized carbons (Fsp3) is 0.286. The minimum Gasteiger partial charge on any atom is -0.355 e. The number of amides is 2. The Morgan fingerprint density at radius 1 is 0.946 bits per heavy atom. The summed E-state index contributed by atoms with van der Waals surface area (Å²) in [5, 5.41) is 3.13. The fourth-order valence-corrected chi connectivity index (χ4v) is 5.56. The van der Waals surface area contributed by atoms with E-state index >= 15 is 0 Å². The lowest BCUT2D eigenvalue weighted by Crippen LogP contribution is -2.51. The van der Waals surface area contributed by atoms with Crippen molar-refractivity contribution in [2.24, 2.45) is 0 Å². The minimum absolute atomic E-state index is 0.0454. The zero-order chi connectivity index (χ0) is 27.2. The van der Waals surface area contributed by atoms with Gasteiger partial charge in [0.15, 0.2) is 0 Å². The van der Waals surface area contributed by atoms with E-state index in [9.17, 15) is 18.0 Å². The zero-order valence-corrected chi connectivity index (χ0v) is 23.0. The number of benzene rings is 3. The normalized spacial score (nSPS) is 12.0. The van der Waals surface area contributed by atoms with Gasteiger partial charge in [-0.3, -0.25) is 13.9 Å². The molecule has 0 aromatic heterocycles. The molecule has 3 aromatic rings. The van der Waals surface area contributed by atoms with Gasteiger partial charge in [-0.15, -0.1) is 0 Å². The molecule has 0 aliphatic carbocycles. The van der Waals surface area contributed by atoms with E-state index < -0.39 is 28.5 Å². The Labute approximate surface area is 224 Å². The molecule has 0 heterocycles. The quantitative estimate of drug-likeness (QED) is 0.403. The number of anilines is 1. The minimum atomic E-state index is -4.13. The van der Waals surface area contributed by atoms with Crippen molar-refractivity contribution in [3.63, 3.8) is 0 Å². The van der Waals surface area contributed by atoms with Crippen LogP contribution in [-0.4, -0.2) is 44.3 Å². The van der Waals surface area contributed by atoms with Crippen LogP contribution in [0.3, 0.4) is 0 Å². The molecule has 3 rings (SSSR count). The molecule has 0 unspecified atom stereocenters. The van der Waals surface area contributed by atoms with Crippen LogP contribution in [-0.2, 0) is 26.2 Å². The lowest BCUT2D eigenvalue weighted by atomic mass is 10.1. The third-order valence-corrected chi connectivity index (χ3v) is 8.29. The second kappa shape index (κ2) is 12.3. The van der Waals surface area contributed by atoms with Crippen LogP contribution in [0.4, 0.5) is 5.69 Å². The number of carbonyl (C=O) groups excluding carboxylic acids is 2. The molecule has 196 valence electrons. The molecule has 9 heteroatoms. The molecule has 2 amide bonds. The van der Waals surface area contributed by atoms with Crippen molar-refractivity contribution in [1.82, 2.24) is 10.2 Å². The average molecular weight is 542 g/mol. The number of hydrogen-bond acceptors (Lipinski definition) is 4. The molecule has 1 atom stereocenters. The summed E-state index contributed by atoms with van der Waals surface area (Å²) in [6, 6.07) is 19.7. The van der Waals surface area contributed by atoms with Gasteiger partial charge >= 0.3 is 0 Å². The van der Waals surface area contributed by atoms with Crippen molar-refractivity contribution < 1.29 is 18.0 Å². The van der Waals surface area contributed by atoms with Gasteiger partial charge in [0, 0.05) is 18.1 Å². The number of halogens is 1. The summed E-state index contributed by atoms with van der Waals surface area (Å²) >= 11 is 6.33. The van der Waals surface area contributed by atoms with Gasteiger partial charge in [-0.05, 0) is 63.1 Å². The Morgan fingerprint density at radius 3 is 2.22 bits per heavy atom. The van der Waals surface area contributed by atoms with Crippen LogP contribution in [0.1, 0.15) is 30.5 Å². The van der Waals surface area contributed by atoms with Gasteiger partial charge in [0.25, 0.3) is 10.0 Å². The summed E-state index contributed by atoms with van der Waals surface area (Å²) in [5.74, 6) is -0.836. The Morgan fingerprint density at radius 2 is 1.59 bits per heavy atom. The highest BCUT2D eigenvalue weighted by molar-refractivity contribution is 7.92. The van der Waals surface area contributed by atoms with Crippen molar-refractivity contribution in [2.75, 3.05) is 17.4 Å². The van der Waals surface area contributed by atoms with Crippen molar-refractivity contribution in [2.45, 2.75) is 45.2 Å². The van der Waals surface area contributed by atoms with Gasteiger partial charge in [0.1, 0.15) is 12.6 Å². The van der Waals surface area contributed by atoms with Gasteiger partial charge in [-0.1, -0.05) is 65.7 Å². The maximum Gasteiger partial charge on any atom is 0.264 e. The molecule has 0 fully saturated rings. The highest BCUT2D eigenvalue weighted by Gasteiger charge is 2.33. The highest BCUT2D eigenvalue weighted by atomic mass is 35.5. The van der Waals surface area contributed by atoms with Gasteiger partial charge in [0.2, 0.25) is 11.8 Å². The molecule has 3 aromatic carbocycles. The van der Waals surface area contributed by atoms with E-state index in [-0.39, 0.29) is 17.3 Å². The van der Waals surface area contributed by atoms with Crippen molar-refractivity contribution >= 4 is 39.1 Å². The molecule has 0 bridgehead atoms. The molecule has 0 saturated heterocycles. The maximum absolute atomic E-state index is 13.8. The van der Waals surface area contributed by atoms with E-state index in [2.05, 4.69) is 5.32 Å². The molecule has 0 aliphatic rings. The first-order chi connectivity index (χ1) is 17.6. The number of carbonyl (C=O) groups is 2. The van der Waals surface area contributed by atoms with Crippen molar-refractivity contribution in [3.8, 4) is 0 Å². The summed E-state index contributed by atoms with van der Waals surface area (Å²) in [4.78, 5) is 28.0. The van der Waals surface area contributed by atoms with E-state index in [1.165, 1.54) is 17.0 Å². The molecular formula is C28H32ClN3O4S. The van der Waals surface area contributed by atoms with E-state index in [0.29, 0.717) is 22.8 Å². The number of aryl methyl sites for hydroxylation is 1. The summed E-state index contributed by atoms with van der Waals surface area (Å²) in [5.41, 5.74) is 2.71. The summed E-state index contributed by atoms with van der Waals surface area (Å²) in [7, 11) is -4.13. The number of hydrogen-bond donors (Lipinski definition) is 1. The third-order valence-electron chi connectivity index (χ3n) is 6.11. The molecule has 37 heavy (non-hydrogen) atoms. The molecule has 0 radical (unpaired) electrons. The highest BCUT2D eigenvalue weighted by Crippen LogP contribution is 2.31. The Balaban J connectivity index is 2.06. The van der Waals surface area contributed by atoms with Crippen LogP contribution in [0.5, 0.6) is 0 Å². The standard InChI is InChI=1S/C28H32ClN3O4S/c1-5-30-28(34)22(4)31(18-23-16-14-20(2)15-17-23)27(33)19-32(26-13-9-12-25(29)21(26)3)37(35,36)24-10-7-6-8-11-24/h6-17,22H,5,18-19H2,1-4H3,(H,30,34)/t22-/m0/s1. The number of rotatable bonds is 10. The summed E-state index contributed by atoms with van der Waals surface area (Å²) < 4.78 is 28.6. The fourth-order valence-electron chi connectivity index (χ4n) is 3.89. The predicted molar refractivity (Wildman–Crippen MR) is 147 cm³/mol. The van der Waals surface area contributed by atoms with Gasteiger partial charge < -0.3 is 10.2 Å². The predicted octanol–water partition coefficient (Wildman–Crippen LogP) is 4.71. The zero-order valence-electron chi connectivity index (χ0n) is 21.4. The molecule has 1 N–H and O–H groups in total. The first-order valence-electron chi connectivity index (χ1n) is 12.0. The van der Waals surface area contributed by atoms with Gasteiger partial charge in [0.05, 0.1) is 10.6 Å².